The SMILES string of the molecule is N#CCCCC(NC(=O)OCC1c2ccccc2-c2ccccc21)C(=O)NC(CC(=O)O)C(F)F. The van der Waals surface area contributed by atoms with Gasteiger partial charge in [0.2, 0.25) is 5.91 Å². The summed E-state index contributed by atoms with van der Waals surface area (Å²) < 4.78 is 31.7. The fourth-order valence-electron chi connectivity index (χ4n) is 4.11. The molecule has 0 saturated carbocycles. The molecule has 3 rings (SSSR count). The van der Waals surface area contributed by atoms with Gasteiger partial charge in [-0.2, -0.15) is 5.26 Å². The van der Waals surface area contributed by atoms with Gasteiger partial charge in [0.25, 0.3) is 6.43 Å². The van der Waals surface area contributed by atoms with Crippen molar-refractivity contribution in [2.24, 2.45) is 0 Å². The van der Waals surface area contributed by atoms with Gasteiger partial charge in [0.15, 0.2) is 0 Å². The van der Waals surface area contributed by atoms with Crippen LogP contribution in [-0.4, -0.2) is 48.2 Å². The predicted octanol–water partition coefficient (Wildman–Crippen LogP) is 3.81. The predicted molar refractivity (Wildman–Crippen MR) is 122 cm³/mol. The van der Waals surface area contributed by atoms with Crippen LogP contribution in [0.15, 0.2) is 48.5 Å². The monoisotopic (exact) mass is 485 g/mol. The molecule has 1 aliphatic rings. The molecule has 3 N–H and O–H groups in total. The number of carbonyl (C=O) groups is 3. The summed E-state index contributed by atoms with van der Waals surface area (Å²) in [5.41, 5.74) is 4.08. The van der Waals surface area contributed by atoms with Crippen molar-refractivity contribution in [2.45, 2.75) is 50.1 Å². The maximum atomic E-state index is 13.2. The van der Waals surface area contributed by atoms with Gasteiger partial charge in [-0.15, -0.1) is 0 Å². The number of nitrogens with zero attached hydrogens (tertiary/aromatic N) is 1. The molecule has 2 atom stereocenters. The van der Waals surface area contributed by atoms with E-state index in [0.717, 1.165) is 22.3 Å². The third-order valence-corrected chi connectivity index (χ3v) is 5.76. The molecule has 35 heavy (non-hydrogen) atoms. The van der Waals surface area contributed by atoms with Gasteiger partial charge >= 0.3 is 12.1 Å². The quantitative estimate of drug-likeness (QED) is 0.415. The number of hydrogen-bond acceptors (Lipinski definition) is 5. The van der Waals surface area contributed by atoms with E-state index in [4.69, 9.17) is 15.1 Å². The molecular formula is C25H25F2N3O5. The number of nitrogens with one attached hydrogen (secondary N) is 2. The van der Waals surface area contributed by atoms with Crippen LogP contribution in [0.3, 0.4) is 0 Å². The Bertz CT molecular complexity index is 1070. The number of amides is 2. The zero-order chi connectivity index (χ0) is 25.4. The summed E-state index contributed by atoms with van der Waals surface area (Å²) in [5, 5.41) is 21.9. The van der Waals surface area contributed by atoms with Gasteiger partial charge < -0.3 is 20.5 Å². The highest BCUT2D eigenvalue weighted by Gasteiger charge is 2.31. The Balaban J connectivity index is 1.66. The summed E-state index contributed by atoms with van der Waals surface area (Å²) in [7, 11) is 0. The minimum absolute atomic E-state index is 0.00732. The molecule has 2 aromatic rings. The van der Waals surface area contributed by atoms with Crippen molar-refractivity contribution in [1.82, 2.24) is 10.6 Å². The van der Waals surface area contributed by atoms with E-state index in [1.165, 1.54) is 0 Å². The number of ether oxygens (including phenoxy) is 1. The summed E-state index contributed by atoms with van der Waals surface area (Å²) in [5.74, 6) is -2.68. The van der Waals surface area contributed by atoms with E-state index in [1.54, 1.807) is 0 Å². The van der Waals surface area contributed by atoms with Crippen LogP contribution >= 0.6 is 0 Å². The number of halogens is 2. The number of aliphatic carboxylic acids is 1. The first kappa shape index (κ1) is 25.6. The van der Waals surface area contributed by atoms with Crippen molar-refractivity contribution in [3.8, 4) is 17.2 Å². The molecule has 1 aliphatic carbocycles. The highest BCUT2D eigenvalue weighted by Crippen LogP contribution is 2.44. The van der Waals surface area contributed by atoms with E-state index in [9.17, 15) is 23.2 Å². The van der Waals surface area contributed by atoms with E-state index in [-0.39, 0.29) is 31.8 Å². The second kappa shape index (κ2) is 11.9. The number of alkyl carbamates (subject to hydrolysis) is 1. The van der Waals surface area contributed by atoms with Crippen LogP contribution in [0.1, 0.15) is 42.7 Å². The first-order chi connectivity index (χ1) is 16.8. The smallest absolute Gasteiger partial charge is 0.407 e. The van der Waals surface area contributed by atoms with Crippen molar-refractivity contribution >= 4 is 18.0 Å². The second-order valence-electron chi connectivity index (χ2n) is 8.12. The Hall–Kier alpha value is -4.00. The lowest BCUT2D eigenvalue weighted by molar-refractivity contribution is -0.139. The molecule has 2 unspecified atom stereocenters. The van der Waals surface area contributed by atoms with Gasteiger partial charge in [0.1, 0.15) is 18.7 Å². The minimum Gasteiger partial charge on any atom is -0.481 e. The van der Waals surface area contributed by atoms with Crippen LogP contribution < -0.4 is 10.6 Å². The van der Waals surface area contributed by atoms with Crippen molar-refractivity contribution < 1.29 is 33.0 Å². The molecule has 0 aliphatic heterocycles. The van der Waals surface area contributed by atoms with Gasteiger partial charge in [0.05, 0.1) is 12.5 Å². The lowest BCUT2D eigenvalue weighted by Crippen LogP contribution is -2.52. The van der Waals surface area contributed by atoms with Crippen molar-refractivity contribution in [1.29, 1.82) is 5.26 Å². The lowest BCUT2D eigenvalue weighted by atomic mass is 9.98. The third kappa shape index (κ3) is 6.53. The lowest BCUT2D eigenvalue weighted by Gasteiger charge is -2.22. The Morgan fingerprint density at radius 2 is 1.63 bits per heavy atom. The van der Waals surface area contributed by atoms with Gasteiger partial charge in [-0.1, -0.05) is 48.5 Å². The first-order valence-corrected chi connectivity index (χ1v) is 11.1. The molecule has 0 radical (unpaired) electrons. The van der Waals surface area contributed by atoms with Crippen molar-refractivity contribution in [2.75, 3.05) is 6.61 Å². The van der Waals surface area contributed by atoms with Crippen LogP contribution in [0.5, 0.6) is 0 Å². The van der Waals surface area contributed by atoms with Gasteiger partial charge in [-0.05, 0) is 35.1 Å². The van der Waals surface area contributed by atoms with Crippen LogP contribution in [0.2, 0.25) is 0 Å². The van der Waals surface area contributed by atoms with E-state index in [1.807, 2.05) is 59.9 Å². The first-order valence-electron chi connectivity index (χ1n) is 11.1. The molecule has 184 valence electrons. The van der Waals surface area contributed by atoms with Crippen molar-refractivity contribution in [3.05, 3.63) is 59.7 Å². The highest BCUT2D eigenvalue weighted by atomic mass is 19.3. The van der Waals surface area contributed by atoms with Crippen molar-refractivity contribution in [3.63, 3.8) is 0 Å². The van der Waals surface area contributed by atoms with Gasteiger partial charge in [-0.25, -0.2) is 13.6 Å². The number of fused-ring (bicyclic) bond motifs is 3. The second-order valence-corrected chi connectivity index (χ2v) is 8.12. The number of unbranched alkanes of at least 4 members (excludes halogenated alkanes) is 1. The molecule has 0 aromatic heterocycles. The average Bonchev–Trinajstić information content (AvgIpc) is 3.15. The Labute approximate surface area is 200 Å². The number of alkyl halides is 2. The van der Waals surface area contributed by atoms with Crippen LogP contribution in [0.4, 0.5) is 13.6 Å². The molecule has 2 amide bonds. The molecule has 0 spiro atoms. The molecule has 10 heteroatoms. The number of nitriles is 1. The maximum absolute atomic E-state index is 13.2. The Morgan fingerprint density at radius 1 is 1.03 bits per heavy atom. The zero-order valence-electron chi connectivity index (χ0n) is 18.7. The molecule has 2 aromatic carbocycles. The molecule has 8 nitrogen and oxygen atoms in total. The summed E-state index contributed by atoms with van der Waals surface area (Å²) >= 11 is 0. The standard InChI is InChI=1S/C25H25F2N3O5/c26-23(27)21(13-22(31)32)29-24(33)20(11-5-6-12-28)30-25(34)35-14-19-17-9-3-1-7-15(17)16-8-2-4-10-18(16)19/h1-4,7-10,19-21,23H,5-6,11,13-14H2,(H,29,33)(H,30,34)(H,31,32). The summed E-state index contributed by atoms with van der Waals surface area (Å²) in [6.45, 7) is -0.00886. The van der Waals surface area contributed by atoms with Gasteiger partial charge in [-0.3, -0.25) is 9.59 Å². The molecular weight excluding hydrogens is 460 g/mol. The van der Waals surface area contributed by atoms with E-state index >= 15 is 0 Å². The third-order valence-electron chi connectivity index (χ3n) is 5.76. The van der Waals surface area contributed by atoms with E-state index in [2.05, 4.69) is 5.32 Å². The van der Waals surface area contributed by atoms with Crippen LogP contribution in [-0.2, 0) is 14.3 Å². The molecule has 0 saturated heterocycles. The number of benzene rings is 2. The number of carbonyl (C=O) groups excluding carboxylic acids is 2. The molecule has 0 bridgehead atoms. The highest BCUT2D eigenvalue weighted by molar-refractivity contribution is 5.86. The topological polar surface area (TPSA) is 129 Å². The van der Waals surface area contributed by atoms with E-state index in [0.29, 0.717) is 0 Å². The summed E-state index contributed by atoms with van der Waals surface area (Å²) in [6.07, 6.45) is -4.70. The molecule has 0 fully saturated rings. The summed E-state index contributed by atoms with van der Waals surface area (Å²) in [6, 6.07) is 14.2. The maximum Gasteiger partial charge on any atom is 0.407 e. The zero-order valence-corrected chi connectivity index (χ0v) is 18.7. The number of hydrogen-bond donors (Lipinski definition) is 3. The number of carboxylic acids is 1. The fraction of sp³-hybridized carbons (Fsp3) is 0.360. The normalized spacial score (nSPS) is 13.8. The largest absolute Gasteiger partial charge is 0.481 e. The fourth-order valence-corrected chi connectivity index (χ4v) is 4.11. The Morgan fingerprint density at radius 3 is 2.17 bits per heavy atom. The Kier molecular flexibility index (Phi) is 8.73. The number of carboxylic acid groups (broad SMARTS) is 1. The molecule has 0 heterocycles. The minimum atomic E-state index is -3.11. The summed E-state index contributed by atoms with van der Waals surface area (Å²) in [4.78, 5) is 35.9. The van der Waals surface area contributed by atoms with Gasteiger partial charge in [0, 0.05) is 12.3 Å². The average molecular weight is 485 g/mol. The van der Waals surface area contributed by atoms with Crippen LogP contribution in [0, 0.1) is 11.3 Å². The van der Waals surface area contributed by atoms with E-state index < -0.39 is 42.9 Å². The van der Waals surface area contributed by atoms with Crippen LogP contribution in [0.25, 0.3) is 11.1 Å². The number of rotatable bonds is 11.